The van der Waals surface area contributed by atoms with Gasteiger partial charge in [0.25, 0.3) is 0 Å². The molecule has 0 aliphatic heterocycles. The minimum absolute atomic E-state index is 0.616. The monoisotopic (exact) mass is 564 g/mol. The van der Waals surface area contributed by atoms with Gasteiger partial charge in [0.05, 0.1) is 11.0 Å². The summed E-state index contributed by atoms with van der Waals surface area (Å²) in [5.74, 6) is 1.88. The van der Waals surface area contributed by atoms with Crippen LogP contribution in [-0.4, -0.2) is 19.5 Å². The Balaban J connectivity index is 1.32. The van der Waals surface area contributed by atoms with E-state index in [0.29, 0.717) is 17.5 Å². The van der Waals surface area contributed by atoms with Crippen LogP contribution < -0.4 is 0 Å². The first-order valence-corrected chi connectivity index (χ1v) is 14.6. The second-order valence-electron chi connectivity index (χ2n) is 10.9. The van der Waals surface area contributed by atoms with E-state index in [-0.39, 0.29) is 0 Å². The summed E-state index contributed by atoms with van der Waals surface area (Å²) in [6, 6.07) is 49.7. The third kappa shape index (κ3) is 3.83. The third-order valence-corrected chi connectivity index (χ3v) is 8.26. The summed E-state index contributed by atoms with van der Waals surface area (Å²) in [5.41, 5.74) is 7.85. The molecular weight excluding hydrogens is 540 g/mol. The van der Waals surface area contributed by atoms with E-state index in [1.165, 1.54) is 0 Å². The molecular formula is C39H24N4O. The van der Waals surface area contributed by atoms with E-state index in [9.17, 15) is 0 Å². The van der Waals surface area contributed by atoms with Crippen LogP contribution in [-0.2, 0) is 0 Å². The summed E-state index contributed by atoms with van der Waals surface area (Å²) < 4.78 is 8.41. The Bertz CT molecular complexity index is 2490. The molecule has 3 heterocycles. The van der Waals surface area contributed by atoms with Crippen molar-refractivity contribution in [3.8, 4) is 39.9 Å². The molecule has 206 valence electrons. The van der Waals surface area contributed by atoms with Gasteiger partial charge in [0.1, 0.15) is 11.2 Å². The second kappa shape index (κ2) is 9.75. The van der Waals surface area contributed by atoms with Gasteiger partial charge in [-0.05, 0) is 48.5 Å². The number of rotatable bonds is 4. The Morgan fingerprint density at radius 2 is 1.07 bits per heavy atom. The zero-order chi connectivity index (χ0) is 29.0. The van der Waals surface area contributed by atoms with E-state index < -0.39 is 0 Å². The van der Waals surface area contributed by atoms with Crippen molar-refractivity contribution in [2.24, 2.45) is 0 Å². The van der Waals surface area contributed by atoms with E-state index >= 15 is 0 Å². The van der Waals surface area contributed by atoms with Crippen molar-refractivity contribution in [2.75, 3.05) is 0 Å². The number of hydrogen-bond donors (Lipinski definition) is 0. The third-order valence-electron chi connectivity index (χ3n) is 8.26. The van der Waals surface area contributed by atoms with Crippen molar-refractivity contribution < 1.29 is 4.42 Å². The predicted molar refractivity (Wildman–Crippen MR) is 178 cm³/mol. The molecule has 0 aliphatic rings. The summed E-state index contributed by atoms with van der Waals surface area (Å²) in [6.45, 7) is 0. The molecule has 0 atom stereocenters. The molecule has 0 saturated heterocycles. The van der Waals surface area contributed by atoms with E-state index in [2.05, 4.69) is 83.4 Å². The highest BCUT2D eigenvalue weighted by molar-refractivity contribution is 6.15. The molecule has 0 unspecified atom stereocenters. The topological polar surface area (TPSA) is 56.7 Å². The highest BCUT2D eigenvalue weighted by Gasteiger charge is 2.20. The maximum Gasteiger partial charge on any atom is 0.164 e. The van der Waals surface area contributed by atoms with Gasteiger partial charge in [0, 0.05) is 43.9 Å². The highest BCUT2D eigenvalue weighted by atomic mass is 16.3. The molecule has 5 nitrogen and oxygen atoms in total. The van der Waals surface area contributed by atoms with Gasteiger partial charge >= 0.3 is 0 Å². The van der Waals surface area contributed by atoms with E-state index in [1.807, 2.05) is 66.7 Å². The Kier molecular flexibility index (Phi) is 5.43. The van der Waals surface area contributed by atoms with Crippen LogP contribution in [0.2, 0.25) is 0 Å². The summed E-state index contributed by atoms with van der Waals surface area (Å²) >= 11 is 0. The summed E-state index contributed by atoms with van der Waals surface area (Å²) in [5, 5.41) is 4.37. The first kappa shape index (κ1) is 24.5. The Morgan fingerprint density at radius 1 is 0.432 bits per heavy atom. The molecule has 0 aliphatic carbocycles. The van der Waals surface area contributed by atoms with Crippen LogP contribution in [0.3, 0.4) is 0 Å². The van der Waals surface area contributed by atoms with Crippen molar-refractivity contribution in [1.29, 1.82) is 0 Å². The average Bonchev–Trinajstić information content (AvgIpc) is 3.64. The maximum atomic E-state index is 6.10. The SMILES string of the molecule is c1ccc(-c2nc(-c3ccc4oc5ccccc5c4c3)nc(-c3cccc4c3c3ccccc3n4-c3ccccc3)n2)cc1. The Labute approximate surface area is 252 Å². The van der Waals surface area contributed by atoms with Crippen LogP contribution in [0.25, 0.3) is 83.6 Å². The first-order chi connectivity index (χ1) is 21.8. The average molecular weight is 565 g/mol. The summed E-state index contributed by atoms with van der Waals surface area (Å²) in [6.07, 6.45) is 0. The van der Waals surface area contributed by atoms with Crippen molar-refractivity contribution in [1.82, 2.24) is 19.5 Å². The van der Waals surface area contributed by atoms with Crippen molar-refractivity contribution in [3.63, 3.8) is 0 Å². The van der Waals surface area contributed by atoms with Crippen molar-refractivity contribution in [3.05, 3.63) is 146 Å². The van der Waals surface area contributed by atoms with E-state index in [0.717, 1.165) is 66.1 Å². The smallest absolute Gasteiger partial charge is 0.164 e. The molecule has 3 aromatic heterocycles. The molecule has 0 radical (unpaired) electrons. The molecule has 0 spiro atoms. The molecule has 5 heteroatoms. The molecule has 0 fully saturated rings. The van der Waals surface area contributed by atoms with Gasteiger partial charge in [0.15, 0.2) is 17.5 Å². The molecule has 0 amide bonds. The Hall–Kier alpha value is -6.07. The van der Waals surface area contributed by atoms with Crippen LogP contribution >= 0.6 is 0 Å². The lowest BCUT2D eigenvalue weighted by Crippen LogP contribution is -2.00. The van der Waals surface area contributed by atoms with E-state index in [4.69, 9.17) is 19.4 Å². The first-order valence-electron chi connectivity index (χ1n) is 14.6. The van der Waals surface area contributed by atoms with Gasteiger partial charge in [-0.1, -0.05) is 97.1 Å². The van der Waals surface area contributed by atoms with E-state index in [1.54, 1.807) is 0 Å². The van der Waals surface area contributed by atoms with Crippen LogP contribution in [0.4, 0.5) is 0 Å². The van der Waals surface area contributed by atoms with Gasteiger partial charge in [-0.25, -0.2) is 15.0 Å². The maximum absolute atomic E-state index is 6.10. The fraction of sp³-hybridized carbons (Fsp3) is 0. The highest BCUT2D eigenvalue weighted by Crippen LogP contribution is 2.39. The van der Waals surface area contributed by atoms with Crippen LogP contribution in [0.5, 0.6) is 0 Å². The van der Waals surface area contributed by atoms with Crippen LogP contribution in [0, 0.1) is 0 Å². The van der Waals surface area contributed by atoms with Crippen LogP contribution in [0.15, 0.2) is 150 Å². The number of hydrogen-bond acceptors (Lipinski definition) is 4. The molecule has 6 aromatic carbocycles. The van der Waals surface area contributed by atoms with Crippen molar-refractivity contribution in [2.45, 2.75) is 0 Å². The van der Waals surface area contributed by atoms with Gasteiger partial charge in [-0.3, -0.25) is 0 Å². The lowest BCUT2D eigenvalue weighted by Gasteiger charge is -2.10. The number of nitrogens with zero attached hydrogens (tertiary/aromatic N) is 4. The Morgan fingerprint density at radius 3 is 1.91 bits per heavy atom. The molecule has 9 rings (SSSR count). The van der Waals surface area contributed by atoms with Gasteiger partial charge in [-0.15, -0.1) is 0 Å². The standard InChI is InChI=1S/C39H24N4O/c1-3-12-25(13-4-1)37-40-38(26-22-23-35-31(24-26)28-16-8-10-21-34(28)44-35)42-39(41-37)30-18-11-20-33-36(30)29-17-7-9-19-32(29)43(33)27-14-5-2-6-15-27/h1-24H. The number of furan rings is 1. The normalized spacial score (nSPS) is 11.6. The predicted octanol–water partition coefficient (Wildman–Crippen LogP) is 9.87. The van der Waals surface area contributed by atoms with Crippen LogP contribution in [0.1, 0.15) is 0 Å². The zero-order valence-electron chi connectivity index (χ0n) is 23.6. The summed E-state index contributed by atoms with van der Waals surface area (Å²) in [7, 11) is 0. The zero-order valence-corrected chi connectivity index (χ0v) is 23.6. The number of para-hydroxylation sites is 3. The molecule has 0 saturated carbocycles. The fourth-order valence-electron chi connectivity index (χ4n) is 6.27. The quantitative estimate of drug-likeness (QED) is 0.213. The molecule has 9 aromatic rings. The molecule has 44 heavy (non-hydrogen) atoms. The minimum atomic E-state index is 0.616. The summed E-state index contributed by atoms with van der Waals surface area (Å²) in [4.78, 5) is 15.2. The van der Waals surface area contributed by atoms with Gasteiger partial charge in [-0.2, -0.15) is 0 Å². The largest absolute Gasteiger partial charge is 0.456 e. The number of fused-ring (bicyclic) bond motifs is 6. The number of aromatic nitrogens is 4. The molecule has 0 bridgehead atoms. The minimum Gasteiger partial charge on any atom is -0.456 e. The number of benzene rings is 6. The lowest BCUT2D eigenvalue weighted by molar-refractivity contribution is 0.669. The van der Waals surface area contributed by atoms with Gasteiger partial charge < -0.3 is 8.98 Å². The lowest BCUT2D eigenvalue weighted by atomic mass is 10.0. The second-order valence-corrected chi connectivity index (χ2v) is 10.9. The fourth-order valence-corrected chi connectivity index (χ4v) is 6.27. The van der Waals surface area contributed by atoms with Crippen molar-refractivity contribution >= 4 is 43.7 Å². The molecule has 0 N–H and O–H groups in total. The van der Waals surface area contributed by atoms with Gasteiger partial charge in [0.2, 0.25) is 0 Å².